The number of halogens is 4. The zero-order valence-corrected chi connectivity index (χ0v) is 18.4. The second kappa shape index (κ2) is 10.1. The van der Waals surface area contributed by atoms with Gasteiger partial charge in [0.15, 0.2) is 11.5 Å². The minimum Gasteiger partial charge on any atom is -0.493 e. The molecule has 0 bridgehead atoms. The maximum Gasteiger partial charge on any atom is 0.417 e. The number of amides is 1. The highest BCUT2D eigenvalue weighted by molar-refractivity contribution is 6.32. The van der Waals surface area contributed by atoms with Gasteiger partial charge in [0.25, 0.3) is 0 Å². The molecule has 10 heteroatoms. The number of carbonyl (C=O) groups excluding carboxylic acids is 1. The second-order valence-electron chi connectivity index (χ2n) is 7.14. The molecule has 0 radical (unpaired) electrons. The number of ether oxygens (including phenoxy) is 2. The summed E-state index contributed by atoms with van der Waals surface area (Å²) < 4.78 is 48.7. The standard InChI is InChI=1S/C22H23ClF3N3O3/c1-31-18-13-15(12-17(23)21(18)32-2)4-7-20(30)29-9-3-8-28(10-11-29)19-6-5-16(14-27-19)22(24,25)26/h4-7,12-14H,3,8-11H2,1-2H3/b7-4+. The average molecular weight is 470 g/mol. The van der Waals surface area contributed by atoms with E-state index in [1.165, 1.54) is 26.4 Å². The van der Waals surface area contributed by atoms with Gasteiger partial charge < -0.3 is 19.3 Å². The van der Waals surface area contributed by atoms with E-state index < -0.39 is 11.7 Å². The van der Waals surface area contributed by atoms with E-state index in [2.05, 4.69) is 4.98 Å². The Kier molecular flexibility index (Phi) is 7.50. The Morgan fingerprint density at radius 3 is 2.53 bits per heavy atom. The number of rotatable bonds is 5. The minimum atomic E-state index is -4.42. The molecule has 3 rings (SSSR count). The fraction of sp³-hybridized carbons (Fsp3) is 0.364. The molecule has 1 saturated heterocycles. The number of nitrogens with zero attached hydrogens (tertiary/aromatic N) is 3. The lowest BCUT2D eigenvalue weighted by molar-refractivity contribution is -0.137. The van der Waals surface area contributed by atoms with Gasteiger partial charge in [0.1, 0.15) is 5.82 Å². The number of alkyl halides is 3. The molecule has 0 N–H and O–H groups in total. The van der Waals surface area contributed by atoms with Gasteiger partial charge in [0.05, 0.1) is 24.8 Å². The van der Waals surface area contributed by atoms with E-state index in [-0.39, 0.29) is 5.91 Å². The Morgan fingerprint density at radius 2 is 1.91 bits per heavy atom. The molecule has 1 aromatic heterocycles. The predicted octanol–water partition coefficient (Wildman–Crippen LogP) is 4.52. The van der Waals surface area contributed by atoms with Crippen molar-refractivity contribution in [2.24, 2.45) is 0 Å². The van der Waals surface area contributed by atoms with E-state index >= 15 is 0 Å². The van der Waals surface area contributed by atoms with Crippen molar-refractivity contribution in [1.82, 2.24) is 9.88 Å². The van der Waals surface area contributed by atoms with Gasteiger partial charge in [0, 0.05) is 38.5 Å². The molecule has 1 aliphatic heterocycles. The average Bonchev–Trinajstić information content (AvgIpc) is 3.03. The fourth-order valence-electron chi connectivity index (χ4n) is 3.41. The van der Waals surface area contributed by atoms with Crippen LogP contribution in [0.1, 0.15) is 17.5 Å². The third kappa shape index (κ3) is 5.64. The summed E-state index contributed by atoms with van der Waals surface area (Å²) in [7, 11) is 2.99. The van der Waals surface area contributed by atoms with Crippen LogP contribution in [0.4, 0.5) is 19.0 Å². The summed E-state index contributed by atoms with van der Waals surface area (Å²) >= 11 is 6.20. The number of carbonyl (C=O) groups is 1. The van der Waals surface area contributed by atoms with Gasteiger partial charge in [0.2, 0.25) is 5.91 Å². The van der Waals surface area contributed by atoms with Crippen molar-refractivity contribution in [2.45, 2.75) is 12.6 Å². The zero-order chi connectivity index (χ0) is 23.3. The molecule has 6 nitrogen and oxygen atoms in total. The molecule has 1 amide bonds. The van der Waals surface area contributed by atoms with Crippen molar-refractivity contribution in [1.29, 1.82) is 0 Å². The van der Waals surface area contributed by atoms with Gasteiger partial charge >= 0.3 is 6.18 Å². The lowest BCUT2D eigenvalue weighted by Crippen LogP contribution is -2.34. The van der Waals surface area contributed by atoms with Crippen LogP contribution < -0.4 is 14.4 Å². The van der Waals surface area contributed by atoms with Crippen LogP contribution in [-0.4, -0.2) is 56.2 Å². The Bertz CT molecular complexity index is 981. The summed E-state index contributed by atoms with van der Waals surface area (Å²) in [5, 5.41) is 0.369. The molecule has 0 unspecified atom stereocenters. The molecular formula is C22H23ClF3N3O3. The molecule has 172 valence electrons. The van der Waals surface area contributed by atoms with Crippen LogP contribution in [-0.2, 0) is 11.0 Å². The predicted molar refractivity (Wildman–Crippen MR) is 116 cm³/mol. The molecule has 1 fully saturated rings. The Balaban J connectivity index is 1.64. The number of hydrogen-bond acceptors (Lipinski definition) is 5. The monoisotopic (exact) mass is 469 g/mol. The van der Waals surface area contributed by atoms with E-state index in [0.717, 1.165) is 12.3 Å². The second-order valence-corrected chi connectivity index (χ2v) is 7.55. The minimum absolute atomic E-state index is 0.168. The van der Waals surface area contributed by atoms with Crippen LogP contribution in [0.2, 0.25) is 5.02 Å². The highest BCUT2D eigenvalue weighted by Crippen LogP contribution is 2.36. The number of hydrogen-bond donors (Lipinski definition) is 0. The highest BCUT2D eigenvalue weighted by atomic mass is 35.5. The van der Waals surface area contributed by atoms with E-state index in [1.807, 2.05) is 4.90 Å². The third-order valence-corrected chi connectivity index (χ3v) is 5.36. The molecule has 1 aromatic carbocycles. The van der Waals surface area contributed by atoms with Crippen molar-refractivity contribution in [3.05, 3.63) is 52.7 Å². The lowest BCUT2D eigenvalue weighted by Gasteiger charge is -2.22. The molecule has 0 spiro atoms. The van der Waals surface area contributed by atoms with Crippen molar-refractivity contribution in [2.75, 3.05) is 45.3 Å². The number of methoxy groups -OCH3 is 2. The van der Waals surface area contributed by atoms with Gasteiger partial charge in [-0.1, -0.05) is 11.6 Å². The summed E-state index contributed by atoms with van der Waals surface area (Å²) in [5.41, 5.74) is -0.0975. The molecule has 0 atom stereocenters. The number of anilines is 1. The van der Waals surface area contributed by atoms with E-state index in [1.54, 1.807) is 23.1 Å². The molecule has 32 heavy (non-hydrogen) atoms. The fourth-order valence-corrected chi connectivity index (χ4v) is 3.71. The van der Waals surface area contributed by atoms with E-state index in [9.17, 15) is 18.0 Å². The first-order valence-electron chi connectivity index (χ1n) is 9.89. The summed E-state index contributed by atoms with van der Waals surface area (Å²) in [4.78, 5) is 20.2. The molecule has 2 heterocycles. The van der Waals surface area contributed by atoms with Crippen molar-refractivity contribution in [3.63, 3.8) is 0 Å². The molecule has 2 aromatic rings. The van der Waals surface area contributed by atoms with E-state index in [0.29, 0.717) is 60.5 Å². The maximum atomic E-state index is 12.7. The zero-order valence-electron chi connectivity index (χ0n) is 17.7. The molecular weight excluding hydrogens is 447 g/mol. The number of aromatic nitrogens is 1. The first-order valence-corrected chi connectivity index (χ1v) is 10.3. The summed E-state index contributed by atoms with van der Waals surface area (Å²) in [6.07, 6.45) is 0.197. The van der Waals surface area contributed by atoms with Crippen molar-refractivity contribution >= 4 is 29.4 Å². The van der Waals surface area contributed by atoms with Crippen LogP contribution in [0.25, 0.3) is 6.08 Å². The smallest absolute Gasteiger partial charge is 0.417 e. The topological polar surface area (TPSA) is 54.9 Å². The largest absolute Gasteiger partial charge is 0.493 e. The molecule has 0 aliphatic carbocycles. The Hall–Kier alpha value is -2.94. The Morgan fingerprint density at radius 1 is 1.12 bits per heavy atom. The third-order valence-electron chi connectivity index (χ3n) is 5.08. The molecule has 0 saturated carbocycles. The quantitative estimate of drug-likeness (QED) is 0.602. The SMILES string of the molecule is COc1cc(/C=C/C(=O)N2CCCN(c3ccc(C(F)(F)F)cn3)CC2)cc(Cl)c1OC. The van der Waals surface area contributed by atoms with Crippen LogP contribution in [0, 0.1) is 0 Å². The van der Waals surface area contributed by atoms with Gasteiger partial charge in [-0.3, -0.25) is 4.79 Å². The summed E-state index contributed by atoms with van der Waals surface area (Å²) in [5.74, 6) is 1.17. The normalized spacial score (nSPS) is 15.1. The van der Waals surface area contributed by atoms with Gasteiger partial charge in [-0.05, 0) is 42.3 Å². The van der Waals surface area contributed by atoms with E-state index in [4.69, 9.17) is 21.1 Å². The molecule has 1 aliphatic rings. The van der Waals surface area contributed by atoms with Gasteiger partial charge in [-0.2, -0.15) is 13.2 Å². The van der Waals surface area contributed by atoms with Crippen LogP contribution >= 0.6 is 11.6 Å². The van der Waals surface area contributed by atoms with Crippen LogP contribution in [0.15, 0.2) is 36.5 Å². The number of pyridine rings is 1. The maximum absolute atomic E-state index is 12.7. The summed E-state index contributed by atoms with van der Waals surface area (Å²) in [6.45, 7) is 2.03. The first-order chi connectivity index (χ1) is 15.2. The Labute approximate surface area is 189 Å². The first kappa shape index (κ1) is 23.7. The van der Waals surface area contributed by atoms with Crippen molar-refractivity contribution < 1.29 is 27.4 Å². The number of benzene rings is 1. The van der Waals surface area contributed by atoms with Crippen LogP contribution in [0.3, 0.4) is 0 Å². The lowest BCUT2D eigenvalue weighted by atomic mass is 10.2. The van der Waals surface area contributed by atoms with Gasteiger partial charge in [-0.15, -0.1) is 0 Å². The summed E-state index contributed by atoms with van der Waals surface area (Å²) in [6, 6.07) is 5.77. The van der Waals surface area contributed by atoms with Crippen molar-refractivity contribution in [3.8, 4) is 11.5 Å². The van der Waals surface area contributed by atoms with Gasteiger partial charge in [-0.25, -0.2) is 4.98 Å². The highest BCUT2D eigenvalue weighted by Gasteiger charge is 2.31. The van der Waals surface area contributed by atoms with Crippen LogP contribution in [0.5, 0.6) is 11.5 Å².